The third kappa shape index (κ3) is 5.28. The molecule has 0 spiro atoms. The second-order valence-electron chi connectivity index (χ2n) is 3.27. The number of aromatic nitrogens is 1. The molecule has 0 aliphatic heterocycles. The molecule has 15 heavy (non-hydrogen) atoms. The summed E-state index contributed by atoms with van der Waals surface area (Å²) in [5.74, 6) is 0.127. The van der Waals surface area contributed by atoms with Crippen molar-refractivity contribution in [2.24, 2.45) is 0 Å². The molecule has 0 aliphatic rings. The average Bonchev–Trinajstić information content (AvgIpc) is 2.62. The predicted octanol–water partition coefficient (Wildman–Crippen LogP) is 2.63. The van der Waals surface area contributed by atoms with Crippen molar-refractivity contribution in [1.82, 2.24) is 10.3 Å². The van der Waals surface area contributed by atoms with Crippen molar-refractivity contribution in [1.29, 1.82) is 0 Å². The number of thiazole rings is 1. The zero-order chi connectivity index (χ0) is 11.1. The molecule has 0 atom stereocenters. The zero-order valence-corrected chi connectivity index (χ0v) is 11.2. The summed E-state index contributed by atoms with van der Waals surface area (Å²) in [5.41, 5.74) is 0. The van der Waals surface area contributed by atoms with Crippen molar-refractivity contribution in [3.8, 4) is 0 Å². The van der Waals surface area contributed by atoms with Gasteiger partial charge in [-0.3, -0.25) is 4.79 Å². The standard InChI is InChI=1S/C10H15BrN2OS/c1-8-12-6-9(15-8)7-13-10(14)4-2-3-5-11/h6H,2-5,7H2,1H3,(H,13,14). The number of carbonyl (C=O) groups excluding carboxylic acids is 1. The Morgan fingerprint density at radius 3 is 3.00 bits per heavy atom. The number of hydrogen-bond donors (Lipinski definition) is 1. The molecule has 84 valence electrons. The highest BCUT2D eigenvalue weighted by molar-refractivity contribution is 9.09. The van der Waals surface area contributed by atoms with Crippen LogP contribution in [-0.4, -0.2) is 16.2 Å². The van der Waals surface area contributed by atoms with E-state index < -0.39 is 0 Å². The third-order valence-electron chi connectivity index (χ3n) is 1.92. The van der Waals surface area contributed by atoms with Crippen molar-refractivity contribution in [2.45, 2.75) is 32.7 Å². The topological polar surface area (TPSA) is 42.0 Å². The van der Waals surface area contributed by atoms with E-state index in [1.165, 1.54) is 0 Å². The van der Waals surface area contributed by atoms with E-state index >= 15 is 0 Å². The maximum absolute atomic E-state index is 11.4. The highest BCUT2D eigenvalue weighted by Gasteiger charge is 2.02. The molecule has 0 bridgehead atoms. The fraction of sp³-hybridized carbons (Fsp3) is 0.600. The monoisotopic (exact) mass is 290 g/mol. The van der Waals surface area contributed by atoms with Gasteiger partial charge in [-0.25, -0.2) is 4.98 Å². The molecule has 0 aromatic carbocycles. The summed E-state index contributed by atoms with van der Waals surface area (Å²) in [6, 6.07) is 0. The molecular weight excluding hydrogens is 276 g/mol. The quantitative estimate of drug-likeness (QED) is 0.646. The number of unbranched alkanes of at least 4 members (excludes halogenated alkanes) is 1. The van der Waals surface area contributed by atoms with Gasteiger partial charge in [0.1, 0.15) is 0 Å². The van der Waals surface area contributed by atoms with E-state index in [0.717, 1.165) is 28.1 Å². The number of alkyl halides is 1. The lowest BCUT2D eigenvalue weighted by molar-refractivity contribution is -0.121. The fourth-order valence-electron chi connectivity index (χ4n) is 1.14. The first kappa shape index (κ1) is 12.6. The normalized spacial score (nSPS) is 10.3. The molecule has 1 rings (SSSR count). The summed E-state index contributed by atoms with van der Waals surface area (Å²) in [7, 11) is 0. The number of carbonyl (C=O) groups is 1. The molecule has 5 heteroatoms. The first-order valence-corrected chi connectivity index (χ1v) is 6.90. The van der Waals surface area contributed by atoms with Crippen molar-refractivity contribution in [3.63, 3.8) is 0 Å². The van der Waals surface area contributed by atoms with Crippen LogP contribution in [0.25, 0.3) is 0 Å². The first-order chi connectivity index (χ1) is 7.22. The molecular formula is C10H15BrN2OS. The lowest BCUT2D eigenvalue weighted by Crippen LogP contribution is -2.21. The molecule has 3 nitrogen and oxygen atoms in total. The highest BCUT2D eigenvalue weighted by atomic mass is 79.9. The number of nitrogens with zero attached hydrogens (tertiary/aromatic N) is 1. The van der Waals surface area contributed by atoms with E-state index in [2.05, 4.69) is 26.2 Å². The molecule has 0 unspecified atom stereocenters. The SMILES string of the molecule is Cc1ncc(CNC(=O)CCCCBr)s1. The Kier molecular flexibility index (Phi) is 5.86. The van der Waals surface area contributed by atoms with Gasteiger partial charge in [0.2, 0.25) is 5.91 Å². The van der Waals surface area contributed by atoms with Crippen molar-refractivity contribution in [2.75, 3.05) is 5.33 Å². The van der Waals surface area contributed by atoms with Gasteiger partial charge in [-0.1, -0.05) is 15.9 Å². The van der Waals surface area contributed by atoms with Crippen LogP contribution in [0.1, 0.15) is 29.1 Å². The molecule has 1 aromatic rings. The van der Waals surface area contributed by atoms with Gasteiger partial charge in [0, 0.05) is 22.8 Å². The Morgan fingerprint density at radius 2 is 2.40 bits per heavy atom. The summed E-state index contributed by atoms with van der Waals surface area (Å²) >= 11 is 4.96. The molecule has 1 amide bonds. The van der Waals surface area contributed by atoms with Crippen LogP contribution in [0.4, 0.5) is 0 Å². The van der Waals surface area contributed by atoms with E-state index in [9.17, 15) is 4.79 Å². The van der Waals surface area contributed by atoms with E-state index in [-0.39, 0.29) is 5.91 Å². The summed E-state index contributed by atoms with van der Waals surface area (Å²) in [6.45, 7) is 2.57. The van der Waals surface area contributed by atoms with Crippen LogP contribution in [0, 0.1) is 6.92 Å². The zero-order valence-electron chi connectivity index (χ0n) is 8.75. The van der Waals surface area contributed by atoms with E-state index in [1.54, 1.807) is 11.3 Å². The molecule has 1 aromatic heterocycles. The summed E-state index contributed by atoms with van der Waals surface area (Å²) in [5, 5.41) is 4.89. The summed E-state index contributed by atoms with van der Waals surface area (Å²) in [6.07, 6.45) is 4.42. The Balaban J connectivity index is 2.16. The first-order valence-electron chi connectivity index (χ1n) is 4.96. The second-order valence-corrected chi connectivity index (χ2v) is 5.38. The van der Waals surface area contributed by atoms with Gasteiger partial charge < -0.3 is 5.32 Å². The maximum Gasteiger partial charge on any atom is 0.220 e. The Hall–Kier alpha value is -0.420. The van der Waals surface area contributed by atoms with Gasteiger partial charge in [-0.2, -0.15) is 0 Å². The summed E-state index contributed by atoms with van der Waals surface area (Å²) in [4.78, 5) is 16.6. The van der Waals surface area contributed by atoms with Crippen molar-refractivity contribution >= 4 is 33.2 Å². The van der Waals surface area contributed by atoms with Gasteiger partial charge >= 0.3 is 0 Å². The van der Waals surface area contributed by atoms with Gasteiger partial charge in [0.15, 0.2) is 0 Å². The van der Waals surface area contributed by atoms with E-state index in [0.29, 0.717) is 13.0 Å². The van der Waals surface area contributed by atoms with Crippen LogP contribution in [-0.2, 0) is 11.3 Å². The Bertz CT molecular complexity index is 314. The largest absolute Gasteiger partial charge is 0.351 e. The van der Waals surface area contributed by atoms with Crippen LogP contribution in [0.3, 0.4) is 0 Å². The minimum absolute atomic E-state index is 0.127. The fourth-order valence-corrected chi connectivity index (χ4v) is 2.27. The number of halogens is 1. The molecule has 0 fully saturated rings. The number of nitrogens with one attached hydrogen (secondary N) is 1. The highest BCUT2D eigenvalue weighted by Crippen LogP contribution is 2.10. The van der Waals surface area contributed by atoms with Gasteiger partial charge in [-0.15, -0.1) is 11.3 Å². The van der Waals surface area contributed by atoms with Gasteiger partial charge in [-0.05, 0) is 19.8 Å². The minimum atomic E-state index is 0.127. The van der Waals surface area contributed by atoms with Crippen LogP contribution < -0.4 is 5.32 Å². The van der Waals surface area contributed by atoms with Crippen LogP contribution in [0.15, 0.2) is 6.20 Å². The van der Waals surface area contributed by atoms with Crippen molar-refractivity contribution < 1.29 is 4.79 Å². The molecule has 1 N–H and O–H groups in total. The molecule has 1 heterocycles. The molecule has 0 saturated carbocycles. The van der Waals surface area contributed by atoms with E-state index in [1.807, 2.05) is 13.1 Å². The molecule has 0 radical (unpaired) electrons. The van der Waals surface area contributed by atoms with E-state index in [4.69, 9.17) is 0 Å². The minimum Gasteiger partial charge on any atom is -0.351 e. The van der Waals surface area contributed by atoms with Crippen LogP contribution in [0.2, 0.25) is 0 Å². The lowest BCUT2D eigenvalue weighted by atomic mass is 10.2. The Labute approximate surface area is 102 Å². The predicted molar refractivity (Wildman–Crippen MR) is 66.3 cm³/mol. The van der Waals surface area contributed by atoms with Gasteiger partial charge in [0.05, 0.1) is 11.6 Å². The lowest BCUT2D eigenvalue weighted by Gasteiger charge is -2.02. The number of amides is 1. The maximum atomic E-state index is 11.4. The molecule has 0 saturated heterocycles. The number of rotatable bonds is 6. The van der Waals surface area contributed by atoms with Crippen molar-refractivity contribution in [3.05, 3.63) is 16.1 Å². The van der Waals surface area contributed by atoms with Crippen LogP contribution >= 0.6 is 27.3 Å². The number of hydrogen-bond acceptors (Lipinski definition) is 3. The third-order valence-corrected chi connectivity index (χ3v) is 3.39. The van der Waals surface area contributed by atoms with Crippen LogP contribution in [0.5, 0.6) is 0 Å². The molecule has 0 aliphatic carbocycles. The smallest absolute Gasteiger partial charge is 0.220 e. The Morgan fingerprint density at radius 1 is 1.60 bits per heavy atom. The average molecular weight is 291 g/mol. The number of aryl methyl sites for hydroxylation is 1. The van der Waals surface area contributed by atoms with Gasteiger partial charge in [0.25, 0.3) is 0 Å². The second kappa shape index (κ2) is 6.95. The summed E-state index contributed by atoms with van der Waals surface area (Å²) < 4.78 is 0.